The zero-order valence-electron chi connectivity index (χ0n) is 18.4. The van der Waals surface area contributed by atoms with Crippen molar-refractivity contribution in [2.24, 2.45) is 17.8 Å². The molecule has 2 fully saturated rings. The van der Waals surface area contributed by atoms with Crippen LogP contribution in [0, 0.1) is 17.8 Å². The lowest BCUT2D eigenvalue weighted by Crippen LogP contribution is -2.39. The van der Waals surface area contributed by atoms with E-state index in [1.165, 1.54) is 18.7 Å². The quantitative estimate of drug-likeness (QED) is 0.596. The van der Waals surface area contributed by atoms with Crippen molar-refractivity contribution in [1.82, 2.24) is 9.88 Å². The minimum absolute atomic E-state index is 0.197. The number of likely N-dealkylation sites (tertiary alicyclic amines) is 1. The number of amides is 1. The highest BCUT2D eigenvalue weighted by atomic mass is 32.2. The van der Waals surface area contributed by atoms with E-state index in [-0.39, 0.29) is 11.0 Å². The fourth-order valence-electron chi connectivity index (χ4n) is 4.49. The third kappa shape index (κ3) is 6.00. The van der Waals surface area contributed by atoms with E-state index in [1.807, 2.05) is 35.2 Å². The summed E-state index contributed by atoms with van der Waals surface area (Å²) < 4.78 is 34.1. The Bertz CT molecular complexity index is 1000. The van der Waals surface area contributed by atoms with Crippen molar-refractivity contribution in [3.63, 3.8) is 0 Å². The number of rotatable bonds is 8. The van der Waals surface area contributed by atoms with Crippen LogP contribution in [-0.2, 0) is 21.2 Å². The Hall–Kier alpha value is -2.61. The van der Waals surface area contributed by atoms with Gasteiger partial charge in [0.1, 0.15) is 6.61 Å². The number of ether oxygens (including phenoxy) is 2. The van der Waals surface area contributed by atoms with Crippen LogP contribution in [0.1, 0.15) is 31.2 Å². The number of hydrogen-bond acceptors (Lipinski definition) is 6. The molecule has 172 valence electrons. The molecule has 0 N–H and O–H groups in total. The van der Waals surface area contributed by atoms with Gasteiger partial charge in [0.25, 0.3) is 0 Å². The summed E-state index contributed by atoms with van der Waals surface area (Å²) in [6.07, 6.45) is 6.52. The van der Waals surface area contributed by atoms with Gasteiger partial charge in [-0.25, -0.2) is 18.2 Å². The lowest BCUT2D eigenvalue weighted by Gasteiger charge is -2.31. The lowest BCUT2D eigenvalue weighted by molar-refractivity contribution is 0.0796. The molecule has 1 aromatic carbocycles. The molecule has 4 rings (SSSR count). The first-order valence-electron chi connectivity index (χ1n) is 11.1. The number of carbonyl (C=O) groups is 1. The maximum absolute atomic E-state index is 12.3. The first-order chi connectivity index (χ1) is 15.4. The Balaban J connectivity index is 1.13. The van der Waals surface area contributed by atoms with Gasteiger partial charge in [-0.3, -0.25) is 0 Å². The molecular weight excluding hydrogens is 428 g/mol. The minimum Gasteiger partial charge on any atom is -0.478 e. The average Bonchev–Trinajstić information content (AvgIpc) is 3.57. The first-order valence-corrected chi connectivity index (χ1v) is 13.0. The summed E-state index contributed by atoms with van der Waals surface area (Å²) in [5.74, 6) is 2.48. The van der Waals surface area contributed by atoms with Crippen LogP contribution < -0.4 is 4.74 Å². The third-order valence-corrected chi connectivity index (χ3v) is 7.56. The third-order valence-electron chi connectivity index (χ3n) is 6.46. The molecule has 1 saturated heterocycles. The van der Waals surface area contributed by atoms with Crippen LogP contribution in [0.4, 0.5) is 4.79 Å². The summed E-state index contributed by atoms with van der Waals surface area (Å²) in [5.41, 5.74) is 1.00. The van der Waals surface area contributed by atoms with E-state index in [0.29, 0.717) is 36.8 Å². The predicted octanol–water partition coefficient (Wildman–Crippen LogP) is 3.94. The summed E-state index contributed by atoms with van der Waals surface area (Å²) in [4.78, 5) is 18.4. The molecule has 8 heteroatoms. The molecule has 1 aliphatic carbocycles. The molecule has 1 amide bonds. The Labute approximate surface area is 189 Å². The van der Waals surface area contributed by atoms with Crippen molar-refractivity contribution in [1.29, 1.82) is 0 Å². The van der Waals surface area contributed by atoms with Gasteiger partial charge in [0.15, 0.2) is 9.84 Å². The number of hydrogen-bond donors (Lipinski definition) is 0. The molecule has 1 saturated carbocycles. The van der Waals surface area contributed by atoms with E-state index in [9.17, 15) is 13.2 Å². The molecule has 32 heavy (non-hydrogen) atoms. The zero-order chi connectivity index (χ0) is 22.6. The summed E-state index contributed by atoms with van der Waals surface area (Å²) in [6, 6.07) is 12.9. The number of carbonyl (C=O) groups excluding carboxylic acids is 1. The molecule has 1 aromatic heterocycles. The number of pyridine rings is 1. The smallest absolute Gasteiger partial charge is 0.410 e. The van der Waals surface area contributed by atoms with Crippen LogP contribution in [0.3, 0.4) is 0 Å². The van der Waals surface area contributed by atoms with Crippen LogP contribution in [0.2, 0.25) is 0 Å². The highest BCUT2D eigenvalue weighted by Gasteiger charge is 2.43. The minimum atomic E-state index is -3.24. The maximum atomic E-state index is 12.3. The van der Waals surface area contributed by atoms with Crippen molar-refractivity contribution < 1.29 is 22.7 Å². The molecule has 0 unspecified atom stereocenters. The van der Waals surface area contributed by atoms with E-state index in [4.69, 9.17) is 9.47 Å². The van der Waals surface area contributed by atoms with Gasteiger partial charge in [0.05, 0.1) is 11.5 Å². The second-order valence-corrected chi connectivity index (χ2v) is 10.8. The SMILES string of the molecule is CS(=O)(=O)c1ccc(OCC[C@H]2C[C@@H]2C2CCN(C(=O)OCc3ccccc3)CC2)nc1. The normalized spacial score (nSPS) is 21.2. The van der Waals surface area contributed by atoms with E-state index in [1.54, 1.807) is 6.07 Å². The fourth-order valence-corrected chi connectivity index (χ4v) is 5.05. The summed E-state index contributed by atoms with van der Waals surface area (Å²) >= 11 is 0. The van der Waals surface area contributed by atoms with E-state index >= 15 is 0 Å². The van der Waals surface area contributed by atoms with Crippen molar-refractivity contribution in [3.8, 4) is 5.88 Å². The van der Waals surface area contributed by atoms with Gasteiger partial charge in [-0.1, -0.05) is 30.3 Å². The maximum Gasteiger partial charge on any atom is 0.410 e. The topological polar surface area (TPSA) is 85.8 Å². The Morgan fingerprint density at radius 3 is 2.53 bits per heavy atom. The number of piperidine rings is 1. The van der Waals surface area contributed by atoms with Gasteiger partial charge in [0.2, 0.25) is 5.88 Å². The highest BCUT2D eigenvalue weighted by molar-refractivity contribution is 7.90. The summed E-state index contributed by atoms with van der Waals surface area (Å²) in [6.45, 7) is 2.41. The van der Waals surface area contributed by atoms with Crippen LogP contribution in [0.25, 0.3) is 0 Å². The van der Waals surface area contributed by atoms with Crippen LogP contribution in [-0.4, -0.2) is 50.3 Å². The molecule has 2 aromatic rings. The van der Waals surface area contributed by atoms with E-state index in [0.717, 1.165) is 44.2 Å². The van der Waals surface area contributed by atoms with Gasteiger partial charge in [0, 0.05) is 31.6 Å². The summed E-state index contributed by atoms with van der Waals surface area (Å²) in [5, 5.41) is 0. The monoisotopic (exact) mass is 458 g/mol. The molecule has 2 heterocycles. The molecule has 0 bridgehead atoms. The van der Waals surface area contributed by atoms with Gasteiger partial charge in [-0.05, 0) is 55.1 Å². The van der Waals surface area contributed by atoms with Crippen molar-refractivity contribution in [2.75, 3.05) is 26.0 Å². The Morgan fingerprint density at radius 1 is 1.12 bits per heavy atom. The highest BCUT2D eigenvalue weighted by Crippen LogP contribution is 2.49. The molecule has 2 aliphatic rings. The van der Waals surface area contributed by atoms with Crippen molar-refractivity contribution in [3.05, 3.63) is 54.2 Å². The second-order valence-electron chi connectivity index (χ2n) is 8.77. The second kappa shape index (κ2) is 9.90. The number of benzene rings is 1. The van der Waals surface area contributed by atoms with Gasteiger partial charge in [-0.2, -0.15) is 0 Å². The van der Waals surface area contributed by atoms with Crippen molar-refractivity contribution in [2.45, 2.75) is 37.2 Å². The number of sulfone groups is 1. The predicted molar refractivity (Wildman–Crippen MR) is 120 cm³/mol. The molecule has 2 atom stereocenters. The van der Waals surface area contributed by atoms with Crippen LogP contribution in [0.15, 0.2) is 53.6 Å². The Kier molecular flexibility index (Phi) is 6.98. The number of nitrogens with zero attached hydrogens (tertiary/aromatic N) is 2. The largest absolute Gasteiger partial charge is 0.478 e. The molecule has 0 spiro atoms. The first kappa shape index (κ1) is 22.6. The van der Waals surface area contributed by atoms with Gasteiger partial charge >= 0.3 is 6.09 Å². The standard InChI is InChI=1S/C24H30N2O5S/c1-32(28,29)21-7-8-23(25-16-21)30-14-11-20-15-22(20)19-9-12-26(13-10-19)24(27)31-17-18-5-3-2-4-6-18/h2-8,16,19-20,22H,9-15,17H2,1H3/t20-,22+/m0/s1. The van der Waals surface area contributed by atoms with Crippen LogP contribution in [0.5, 0.6) is 5.88 Å². The van der Waals surface area contributed by atoms with Crippen LogP contribution >= 0.6 is 0 Å². The fraction of sp³-hybridized carbons (Fsp3) is 0.500. The van der Waals surface area contributed by atoms with Gasteiger partial charge in [-0.15, -0.1) is 0 Å². The van der Waals surface area contributed by atoms with Crippen molar-refractivity contribution >= 4 is 15.9 Å². The van der Waals surface area contributed by atoms with Gasteiger partial charge < -0.3 is 14.4 Å². The molecule has 1 aliphatic heterocycles. The average molecular weight is 459 g/mol. The molecule has 0 radical (unpaired) electrons. The molecular formula is C24H30N2O5S. The Morgan fingerprint density at radius 2 is 1.88 bits per heavy atom. The number of aromatic nitrogens is 1. The molecule has 7 nitrogen and oxygen atoms in total. The van der Waals surface area contributed by atoms with E-state index < -0.39 is 9.84 Å². The summed E-state index contributed by atoms with van der Waals surface area (Å²) in [7, 11) is -3.24. The lowest BCUT2D eigenvalue weighted by atomic mass is 9.91. The zero-order valence-corrected chi connectivity index (χ0v) is 19.2. The van der Waals surface area contributed by atoms with E-state index in [2.05, 4.69) is 4.98 Å².